The average Bonchev–Trinajstić information content (AvgIpc) is 3.01. The zero-order valence-corrected chi connectivity index (χ0v) is 13.9. The maximum atomic E-state index is 12.5. The van der Waals surface area contributed by atoms with Gasteiger partial charge >= 0.3 is 6.09 Å². The molecular formula is C18H18N4O3. The summed E-state index contributed by atoms with van der Waals surface area (Å²) in [6.45, 7) is 2.15. The van der Waals surface area contributed by atoms with Crippen molar-refractivity contribution in [3.05, 3.63) is 59.5 Å². The molecule has 0 aliphatic rings. The summed E-state index contributed by atoms with van der Waals surface area (Å²) in [5, 5.41) is 6.47. The molecule has 0 atom stereocenters. The molecule has 0 aliphatic heterocycles. The van der Waals surface area contributed by atoms with Gasteiger partial charge in [-0.15, -0.1) is 0 Å². The van der Waals surface area contributed by atoms with Crippen molar-refractivity contribution in [1.82, 2.24) is 15.3 Å². The number of carbonyl (C=O) groups excluding carboxylic acids is 2. The van der Waals surface area contributed by atoms with Crippen LogP contribution in [-0.4, -0.2) is 29.1 Å². The zero-order chi connectivity index (χ0) is 17.8. The van der Waals surface area contributed by atoms with Crippen molar-refractivity contribution in [3.63, 3.8) is 0 Å². The maximum absolute atomic E-state index is 12.5. The lowest BCUT2D eigenvalue weighted by atomic mass is 10.2. The number of nitrogens with one attached hydrogen (secondary N) is 3. The molecular weight excluding hydrogens is 320 g/mol. The molecule has 2 heterocycles. The Morgan fingerprint density at radius 3 is 2.88 bits per heavy atom. The number of aromatic amines is 1. The topological polar surface area (TPSA) is 96.1 Å². The van der Waals surface area contributed by atoms with Crippen molar-refractivity contribution in [2.24, 2.45) is 0 Å². The Balaban J connectivity index is 1.77. The number of nitrogens with zero attached hydrogens (tertiary/aromatic N) is 1. The summed E-state index contributed by atoms with van der Waals surface area (Å²) in [5.74, 6) is -0.249. The second kappa shape index (κ2) is 7.04. The van der Waals surface area contributed by atoms with Gasteiger partial charge in [0.25, 0.3) is 5.91 Å². The number of methoxy groups -OCH3 is 1. The number of rotatable bonds is 4. The number of hydrogen-bond acceptors (Lipinski definition) is 4. The standard InChI is InChI=1S/C18H18N4O3/c1-11-8-12-4-3-5-15(16(12)21-11)22-17(23)13-6-7-19-14(9-13)10-20-18(24)25-2/h3-9,21H,10H2,1-2H3,(H,20,24)(H,22,23). The van der Waals surface area contributed by atoms with Crippen LogP contribution in [0.1, 0.15) is 21.7 Å². The maximum Gasteiger partial charge on any atom is 0.407 e. The van der Waals surface area contributed by atoms with Crippen LogP contribution in [-0.2, 0) is 11.3 Å². The molecule has 25 heavy (non-hydrogen) atoms. The van der Waals surface area contributed by atoms with Crippen molar-refractivity contribution in [2.75, 3.05) is 12.4 Å². The van der Waals surface area contributed by atoms with Gasteiger partial charge in [-0.1, -0.05) is 12.1 Å². The number of H-pyrrole nitrogens is 1. The molecule has 0 spiro atoms. The van der Waals surface area contributed by atoms with Crippen molar-refractivity contribution in [1.29, 1.82) is 0 Å². The number of hydrogen-bond donors (Lipinski definition) is 3. The third-order valence-electron chi connectivity index (χ3n) is 3.72. The van der Waals surface area contributed by atoms with Crippen LogP contribution in [0.4, 0.5) is 10.5 Å². The minimum absolute atomic E-state index is 0.180. The normalized spacial score (nSPS) is 10.5. The highest BCUT2D eigenvalue weighted by Gasteiger charge is 2.11. The first-order valence-electron chi connectivity index (χ1n) is 7.73. The van der Waals surface area contributed by atoms with E-state index < -0.39 is 6.09 Å². The van der Waals surface area contributed by atoms with E-state index in [0.29, 0.717) is 16.9 Å². The van der Waals surface area contributed by atoms with E-state index in [0.717, 1.165) is 16.6 Å². The largest absolute Gasteiger partial charge is 0.453 e. The lowest BCUT2D eigenvalue weighted by Crippen LogP contribution is -2.23. The van der Waals surface area contributed by atoms with Gasteiger partial charge in [-0.25, -0.2) is 4.79 Å². The summed E-state index contributed by atoms with van der Waals surface area (Å²) in [4.78, 5) is 31.1. The monoisotopic (exact) mass is 338 g/mol. The minimum atomic E-state index is -0.551. The molecule has 0 unspecified atom stereocenters. The Bertz CT molecular complexity index is 933. The second-order valence-electron chi connectivity index (χ2n) is 5.56. The molecule has 0 saturated carbocycles. The summed E-state index contributed by atoms with van der Waals surface area (Å²) >= 11 is 0. The fourth-order valence-electron chi connectivity index (χ4n) is 2.55. The molecule has 1 aromatic carbocycles. The first-order chi connectivity index (χ1) is 12.1. The van der Waals surface area contributed by atoms with E-state index in [2.05, 4.69) is 25.3 Å². The summed E-state index contributed by atoms with van der Waals surface area (Å²) in [6.07, 6.45) is 0.980. The fraction of sp³-hybridized carbons (Fsp3) is 0.167. The fourth-order valence-corrected chi connectivity index (χ4v) is 2.55. The number of aryl methyl sites for hydroxylation is 1. The van der Waals surface area contributed by atoms with Crippen LogP contribution in [0.3, 0.4) is 0 Å². The van der Waals surface area contributed by atoms with Crippen LogP contribution < -0.4 is 10.6 Å². The minimum Gasteiger partial charge on any atom is -0.453 e. The van der Waals surface area contributed by atoms with Gasteiger partial charge in [0.1, 0.15) is 0 Å². The van der Waals surface area contributed by atoms with Crippen LogP contribution >= 0.6 is 0 Å². The first kappa shape index (κ1) is 16.5. The molecule has 0 fully saturated rings. The van der Waals surface area contributed by atoms with E-state index in [4.69, 9.17) is 0 Å². The Kier molecular flexibility index (Phi) is 4.65. The number of amides is 2. The van der Waals surface area contributed by atoms with Crippen molar-refractivity contribution in [2.45, 2.75) is 13.5 Å². The Morgan fingerprint density at radius 1 is 1.24 bits per heavy atom. The van der Waals surface area contributed by atoms with E-state index in [9.17, 15) is 9.59 Å². The van der Waals surface area contributed by atoms with Crippen LogP contribution in [0.5, 0.6) is 0 Å². The average molecular weight is 338 g/mol. The number of pyridine rings is 1. The molecule has 0 aliphatic carbocycles. The number of ether oxygens (including phenoxy) is 1. The SMILES string of the molecule is COC(=O)NCc1cc(C(=O)Nc2cccc3cc(C)[nH]c23)ccn1. The quantitative estimate of drug-likeness (QED) is 0.681. The summed E-state index contributed by atoms with van der Waals surface area (Å²) in [7, 11) is 1.29. The summed E-state index contributed by atoms with van der Waals surface area (Å²) < 4.78 is 4.51. The van der Waals surface area contributed by atoms with Gasteiger partial charge < -0.3 is 20.4 Å². The number of fused-ring (bicyclic) bond motifs is 1. The van der Waals surface area contributed by atoms with Crippen molar-refractivity contribution >= 4 is 28.6 Å². The van der Waals surface area contributed by atoms with E-state index in [1.165, 1.54) is 13.3 Å². The third-order valence-corrected chi connectivity index (χ3v) is 3.72. The highest BCUT2D eigenvalue weighted by Crippen LogP contribution is 2.24. The molecule has 0 radical (unpaired) electrons. The van der Waals surface area contributed by atoms with Gasteiger partial charge in [0.2, 0.25) is 0 Å². The Labute approximate surface area is 144 Å². The molecule has 3 rings (SSSR count). The first-order valence-corrected chi connectivity index (χ1v) is 7.73. The predicted octanol–water partition coefficient (Wildman–Crippen LogP) is 2.98. The smallest absolute Gasteiger partial charge is 0.407 e. The molecule has 3 aromatic rings. The van der Waals surface area contributed by atoms with E-state index >= 15 is 0 Å². The highest BCUT2D eigenvalue weighted by atomic mass is 16.5. The van der Waals surface area contributed by atoms with Gasteiger partial charge in [0.15, 0.2) is 0 Å². The predicted molar refractivity (Wildman–Crippen MR) is 94.5 cm³/mol. The van der Waals surface area contributed by atoms with E-state index in [-0.39, 0.29) is 12.5 Å². The molecule has 0 saturated heterocycles. The van der Waals surface area contributed by atoms with E-state index in [1.807, 2.05) is 31.2 Å². The number of alkyl carbamates (subject to hydrolysis) is 1. The lowest BCUT2D eigenvalue weighted by molar-refractivity contribution is 0.102. The number of benzene rings is 1. The van der Waals surface area contributed by atoms with Gasteiger partial charge in [0.05, 0.1) is 30.6 Å². The molecule has 2 amide bonds. The van der Waals surface area contributed by atoms with Gasteiger partial charge in [0, 0.05) is 22.8 Å². The highest BCUT2D eigenvalue weighted by molar-refractivity contribution is 6.08. The van der Waals surface area contributed by atoms with Gasteiger partial charge in [-0.2, -0.15) is 0 Å². The Hall–Kier alpha value is -3.35. The molecule has 128 valence electrons. The number of aromatic nitrogens is 2. The van der Waals surface area contributed by atoms with Gasteiger partial charge in [-0.05, 0) is 31.2 Å². The summed E-state index contributed by atoms with van der Waals surface area (Å²) in [5.41, 5.74) is 3.64. The van der Waals surface area contributed by atoms with Gasteiger partial charge in [-0.3, -0.25) is 9.78 Å². The van der Waals surface area contributed by atoms with Crippen LogP contribution in [0, 0.1) is 6.92 Å². The third kappa shape index (κ3) is 3.77. The molecule has 3 N–H and O–H groups in total. The van der Waals surface area contributed by atoms with E-state index in [1.54, 1.807) is 12.1 Å². The van der Waals surface area contributed by atoms with Crippen LogP contribution in [0.2, 0.25) is 0 Å². The molecule has 7 nitrogen and oxygen atoms in total. The van der Waals surface area contributed by atoms with Crippen molar-refractivity contribution in [3.8, 4) is 0 Å². The van der Waals surface area contributed by atoms with Crippen molar-refractivity contribution < 1.29 is 14.3 Å². The Morgan fingerprint density at radius 2 is 2.08 bits per heavy atom. The molecule has 7 heteroatoms. The summed E-state index contributed by atoms with van der Waals surface area (Å²) in [6, 6.07) is 11.0. The molecule has 0 bridgehead atoms. The van der Waals surface area contributed by atoms with Crippen LogP contribution in [0.25, 0.3) is 10.9 Å². The number of anilines is 1. The second-order valence-corrected chi connectivity index (χ2v) is 5.56. The van der Waals surface area contributed by atoms with Crippen LogP contribution in [0.15, 0.2) is 42.6 Å². The number of para-hydroxylation sites is 1. The molecule has 2 aromatic heterocycles. The number of carbonyl (C=O) groups is 2. The zero-order valence-electron chi connectivity index (χ0n) is 13.9. The lowest BCUT2D eigenvalue weighted by Gasteiger charge is -2.08.